The Bertz CT molecular complexity index is 2650. The lowest BCUT2D eigenvalue weighted by molar-refractivity contribution is 0.584. The van der Waals surface area contributed by atoms with Gasteiger partial charge in [-0.05, 0) is 138 Å². The number of anilines is 3. The van der Waals surface area contributed by atoms with Gasteiger partial charge in [-0.2, -0.15) is 0 Å². The normalized spacial score (nSPS) is 16.2. The summed E-state index contributed by atoms with van der Waals surface area (Å²) in [6.45, 7) is 38.4. The van der Waals surface area contributed by atoms with Crippen molar-refractivity contribution in [1.82, 2.24) is 0 Å². The zero-order valence-electron chi connectivity index (χ0n) is 40.8. The number of hydrogen-bond acceptors (Lipinski definition) is 1. The molecule has 6 aromatic carbocycles. The van der Waals surface area contributed by atoms with Gasteiger partial charge in [0, 0.05) is 33.1 Å². The fourth-order valence-electron chi connectivity index (χ4n) is 11.4. The molecule has 1 nitrogen and oxygen atoms in total. The minimum absolute atomic E-state index is 0.0682. The molecule has 320 valence electrons. The smallest absolute Gasteiger partial charge is 0.0546 e. The van der Waals surface area contributed by atoms with Crippen LogP contribution in [0.5, 0.6) is 0 Å². The average molecular weight is 818 g/mol. The summed E-state index contributed by atoms with van der Waals surface area (Å²) in [4.78, 5) is 2.72. The van der Waals surface area contributed by atoms with Gasteiger partial charge in [0.25, 0.3) is 0 Å². The van der Waals surface area contributed by atoms with Crippen LogP contribution in [0.4, 0.5) is 17.1 Å². The Morgan fingerprint density at radius 1 is 0.419 bits per heavy atom. The standard InChI is InChI=1S/C61H71N/c1-36(2)27-38-21-24-45-48(29-38)60(13,14)51-31-40(57(5,6)7)33-53(55(45)51)62(42-23-26-44-43-19-17-18-20-47(43)59(11,12)50(44)35-42)54-34-41(58(8,9)10)32-52-56(54)46-25-22-39(28-37(3)4)30-49(46)61(52,15)16/h17-26,29-37H,27-28H2,1-16H3. The van der Waals surface area contributed by atoms with Crippen LogP contribution in [0.3, 0.4) is 0 Å². The molecule has 0 aromatic heterocycles. The van der Waals surface area contributed by atoms with Crippen LogP contribution in [0, 0.1) is 11.8 Å². The molecular weight excluding hydrogens is 747 g/mol. The second-order valence-electron chi connectivity index (χ2n) is 23.8. The first-order valence-electron chi connectivity index (χ1n) is 23.6. The highest BCUT2D eigenvalue weighted by molar-refractivity contribution is 6.01. The van der Waals surface area contributed by atoms with Crippen molar-refractivity contribution in [2.24, 2.45) is 11.8 Å². The predicted octanol–water partition coefficient (Wildman–Crippen LogP) is 17.1. The Kier molecular flexibility index (Phi) is 9.62. The molecule has 0 unspecified atom stereocenters. The topological polar surface area (TPSA) is 3.24 Å². The quantitative estimate of drug-likeness (QED) is 0.155. The molecule has 0 fully saturated rings. The highest BCUT2D eigenvalue weighted by Crippen LogP contribution is 2.61. The summed E-state index contributed by atoms with van der Waals surface area (Å²) < 4.78 is 0. The summed E-state index contributed by atoms with van der Waals surface area (Å²) >= 11 is 0. The molecule has 0 saturated carbocycles. The minimum Gasteiger partial charge on any atom is -0.309 e. The SMILES string of the molecule is CC(C)Cc1ccc2c(c1)C(C)(C)c1cc(C(C)(C)C)cc(N(c3ccc4c(c3)C(C)(C)c3ccccc3-4)c3cc(C(C)(C)C)cc4c3-c3ccc(CC(C)C)cc3C4(C)C)c1-2. The Morgan fingerprint density at radius 2 is 0.823 bits per heavy atom. The Hall–Kier alpha value is -4.88. The molecule has 0 spiro atoms. The summed E-state index contributed by atoms with van der Waals surface area (Å²) in [5.74, 6) is 1.19. The molecule has 0 radical (unpaired) electrons. The van der Waals surface area contributed by atoms with E-state index in [2.05, 4.69) is 219 Å². The van der Waals surface area contributed by atoms with E-state index in [1.165, 1.54) is 106 Å². The van der Waals surface area contributed by atoms with E-state index in [1.54, 1.807) is 0 Å². The predicted molar refractivity (Wildman–Crippen MR) is 268 cm³/mol. The third-order valence-electron chi connectivity index (χ3n) is 15.0. The van der Waals surface area contributed by atoms with E-state index < -0.39 is 0 Å². The van der Waals surface area contributed by atoms with Gasteiger partial charge >= 0.3 is 0 Å². The van der Waals surface area contributed by atoms with Gasteiger partial charge in [0.05, 0.1) is 11.4 Å². The maximum atomic E-state index is 2.72. The van der Waals surface area contributed by atoms with E-state index in [9.17, 15) is 0 Å². The molecule has 1 heteroatoms. The molecule has 0 amide bonds. The van der Waals surface area contributed by atoms with Crippen molar-refractivity contribution >= 4 is 17.1 Å². The highest BCUT2D eigenvalue weighted by atomic mass is 15.2. The highest BCUT2D eigenvalue weighted by Gasteiger charge is 2.44. The van der Waals surface area contributed by atoms with Gasteiger partial charge < -0.3 is 4.90 Å². The Labute approximate surface area is 375 Å². The molecule has 3 aliphatic carbocycles. The first kappa shape index (κ1) is 42.4. The fraction of sp³-hybridized carbons (Fsp3) is 0.410. The van der Waals surface area contributed by atoms with E-state index in [0.717, 1.165) is 12.8 Å². The largest absolute Gasteiger partial charge is 0.309 e. The molecule has 3 aliphatic rings. The van der Waals surface area contributed by atoms with Crippen LogP contribution in [0.15, 0.2) is 103 Å². The summed E-state index contributed by atoms with van der Waals surface area (Å²) in [5.41, 5.74) is 25.5. The van der Waals surface area contributed by atoms with Crippen molar-refractivity contribution in [1.29, 1.82) is 0 Å². The van der Waals surface area contributed by atoms with Crippen LogP contribution < -0.4 is 4.90 Å². The number of benzene rings is 6. The zero-order valence-corrected chi connectivity index (χ0v) is 40.8. The van der Waals surface area contributed by atoms with Crippen LogP contribution >= 0.6 is 0 Å². The van der Waals surface area contributed by atoms with Gasteiger partial charge in [-0.25, -0.2) is 0 Å². The second kappa shape index (κ2) is 14.1. The van der Waals surface area contributed by atoms with E-state index in [-0.39, 0.29) is 27.1 Å². The Morgan fingerprint density at radius 3 is 1.27 bits per heavy atom. The van der Waals surface area contributed by atoms with Gasteiger partial charge in [-0.1, -0.05) is 190 Å². The molecule has 0 saturated heterocycles. The number of nitrogens with zero attached hydrogens (tertiary/aromatic N) is 1. The first-order chi connectivity index (χ1) is 28.9. The monoisotopic (exact) mass is 818 g/mol. The van der Waals surface area contributed by atoms with Gasteiger partial charge in [-0.15, -0.1) is 0 Å². The summed E-state index contributed by atoms with van der Waals surface area (Å²) in [6.07, 6.45) is 2.16. The second-order valence-corrected chi connectivity index (χ2v) is 23.8. The molecule has 62 heavy (non-hydrogen) atoms. The van der Waals surface area contributed by atoms with E-state index in [1.807, 2.05) is 0 Å². The third kappa shape index (κ3) is 6.54. The van der Waals surface area contributed by atoms with Crippen LogP contribution in [0.2, 0.25) is 0 Å². The molecule has 6 aromatic rings. The molecule has 0 bridgehead atoms. The first-order valence-corrected chi connectivity index (χ1v) is 23.6. The van der Waals surface area contributed by atoms with Crippen LogP contribution in [-0.4, -0.2) is 0 Å². The number of rotatable bonds is 7. The zero-order chi connectivity index (χ0) is 44.6. The van der Waals surface area contributed by atoms with Crippen molar-refractivity contribution in [3.63, 3.8) is 0 Å². The summed E-state index contributed by atoms with van der Waals surface area (Å²) in [6, 6.07) is 41.6. The molecule has 0 N–H and O–H groups in total. The minimum atomic E-state index is -0.169. The lowest BCUT2D eigenvalue weighted by atomic mass is 9.77. The molecular formula is C61H71N. The lowest BCUT2D eigenvalue weighted by Crippen LogP contribution is -2.22. The summed E-state index contributed by atoms with van der Waals surface area (Å²) in [5, 5.41) is 0. The maximum absolute atomic E-state index is 2.72. The third-order valence-corrected chi connectivity index (χ3v) is 15.0. The van der Waals surface area contributed by atoms with Gasteiger partial charge in [0.1, 0.15) is 0 Å². The summed E-state index contributed by atoms with van der Waals surface area (Å²) in [7, 11) is 0. The van der Waals surface area contributed by atoms with Gasteiger partial charge in [0.15, 0.2) is 0 Å². The van der Waals surface area contributed by atoms with Crippen molar-refractivity contribution < 1.29 is 0 Å². The van der Waals surface area contributed by atoms with Crippen LogP contribution in [-0.2, 0) is 39.9 Å². The maximum Gasteiger partial charge on any atom is 0.0546 e. The van der Waals surface area contributed by atoms with Crippen molar-refractivity contribution in [2.75, 3.05) is 4.90 Å². The molecule has 0 aliphatic heterocycles. The van der Waals surface area contributed by atoms with Gasteiger partial charge in [0.2, 0.25) is 0 Å². The number of hydrogen-bond donors (Lipinski definition) is 0. The molecule has 9 rings (SSSR count). The molecule has 0 heterocycles. The number of fused-ring (bicyclic) bond motifs is 9. The average Bonchev–Trinajstić information content (AvgIpc) is 3.66. The van der Waals surface area contributed by atoms with Gasteiger partial charge in [-0.3, -0.25) is 0 Å². The Balaban J connectivity index is 1.42. The van der Waals surface area contributed by atoms with E-state index in [0.29, 0.717) is 11.8 Å². The fourth-order valence-corrected chi connectivity index (χ4v) is 11.4. The van der Waals surface area contributed by atoms with E-state index >= 15 is 0 Å². The molecule has 0 atom stereocenters. The van der Waals surface area contributed by atoms with Crippen molar-refractivity contribution in [3.05, 3.63) is 159 Å². The van der Waals surface area contributed by atoms with Crippen LogP contribution in [0.25, 0.3) is 33.4 Å². The van der Waals surface area contributed by atoms with Crippen molar-refractivity contribution in [3.8, 4) is 33.4 Å². The van der Waals surface area contributed by atoms with E-state index in [4.69, 9.17) is 0 Å². The van der Waals surface area contributed by atoms with Crippen LogP contribution in [0.1, 0.15) is 166 Å². The van der Waals surface area contributed by atoms with Crippen molar-refractivity contribution in [2.45, 2.75) is 151 Å². The lowest BCUT2D eigenvalue weighted by Gasteiger charge is -2.35.